The van der Waals surface area contributed by atoms with Crippen LogP contribution in [0.4, 0.5) is 0 Å². The van der Waals surface area contributed by atoms with Crippen LogP contribution in [0.5, 0.6) is 0 Å². The maximum atomic E-state index is 11.6. The predicted molar refractivity (Wildman–Crippen MR) is 71.4 cm³/mol. The molecule has 1 aromatic rings. The average molecular weight is 244 g/mol. The Labute approximate surface area is 108 Å². The lowest BCUT2D eigenvalue weighted by Gasteiger charge is -2.25. The molecule has 1 unspecified atom stereocenters. The van der Waals surface area contributed by atoms with Crippen LogP contribution in [0.3, 0.4) is 0 Å². The van der Waals surface area contributed by atoms with Gasteiger partial charge in [0, 0.05) is 12.1 Å². The molecular formula is C15H20N2O. The van der Waals surface area contributed by atoms with Gasteiger partial charge in [0.15, 0.2) is 0 Å². The molecule has 0 aliphatic heterocycles. The molecule has 1 saturated carbocycles. The third-order valence-electron chi connectivity index (χ3n) is 3.84. The van der Waals surface area contributed by atoms with Gasteiger partial charge in [-0.25, -0.2) is 0 Å². The lowest BCUT2D eigenvalue weighted by Crippen LogP contribution is -2.42. The Hall–Kier alpha value is -1.35. The van der Waals surface area contributed by atoms with Crippen LogP contribution in [0.15, 0.2) is 24.3 Å². The van der Waals surface area contributed by atoms with E-state index in [1.54, 1.807) is 0 Å². The molecule has 96 valence electrons. The Morgan fingerprint density at radius 2 is 1.89 bits per heavy atom. The second kappa shape index (κ2) is 5.11. The molecule has 0 radical (unpaired) electrons. The first-order valence-electron chi connectivity index (χ1n) is 6.91. The van der Waals surface area contributed by atoms with Gasteiger partial charge in [-0.3, -0.25) is 4.79 Å². The largest absolute Gasteiger partial charge is 0.352 e. The second-order valence-electron chi connectivity index (χ2n) is 5.43. The number of fused-ring (bicyclic) bond motifs is 1. The second-order valence-corrected chi connectivity index (χ2v) is 5.43. The van der Waals surface area contributed by atoms with Gasteiger partial charge in [0.25, 0.3) is 0 Å². The molecule has 2 aliphatic carbocycles. The molecule has 3 heteroatoms. The number of nitrogens with one attached hydrogen (secondary N) is 2. The standard InChI is InChI=1S/C15H20N2O/c18-15(17-13-7-8-13)10-16-14-6-5-11-3-1-2-4-12(11)9-14/h1-4,13-14,16H,5-10H2,(H,17,18). The summed E-state index contributed by atoms with van der Waals surface area (Å²) < 4.78 is 0. The normalized spacial score (nSPS) is 22.3. The molecule has 0 heterocycles. The van der Waals surface area contributed by atoms with E-state index in [1.165, 1.54) is 11.1 Å². The molecule has 0 bridgehead atoms. The van der Waals surface area contributed by atoms with Crippen LogP contribution in [-0.2, 0) is 17.6 Å². The number of hydrogen-bond donors (Lipinski definition) is 2. The van der Waals surface area contributed by atoms with Crippen LogP contribution in [-0.4, -0.2) is 24.5 Å². The number of rotatable bonds is 4. The summed E-state index contributed by atoms with van der Waals surface area (Å²) in [7, 11) is 0. The molecule has 1 amide bonds. The number of aryl methyl sites for hydroxylation is 1. The van der Waals surface area contributed by atoms with Crippen LogP contribution in [0.25, 0.3) is 0 Å². The number of amides is 1. The van der Waals surface area contributed by atoms with Gasteiger partial charge < -0.3 is 10.6 Å². The SMILES string of the molecule is O=C(CNC1CCc2ccccc2C1)NC1CC1. The maximum Gasteiger partial charge on any atom is 0.234 e. The first-order chi connectivity index (χ1) is 8.81. The lowest BCUT2D eigenvalue weighted by atomic mass is 9.88. The average Bonchev–Trinajstić information content (AvgIpc) is 3.20. The highest BCUT2D eigenvalue weighted by Crippen LogP contribution is 2.21. The zero-order valence-electron chi connectivity index (χ0n) is 10.6. The molecule has 1 fully saturated rings. The third-order valence-corrected chi connectivity index (χ3v) is 3.84. The van der Waals surface area contributed by atoms with Gasteiger partial charge in [-0.1, -0.05) is 24.3 Å². The molecular weight excluding hydrogens is 224 g/mol. The highest BCUT2D eigenvalue weighted by Gasteiger charge is 2.24. The fourth-order valence-corrected chi connectivity index (χ4v) is 2.62. The van der Waals surface area contributed by atoms with Gasteiger partial charge >= 0.3 is 0 Å². The Kier molecular flexibility index (Phi) is 3.33. The Morgan fingerprint density at radius 1 is 1.11 bits per heavy atom. The number of carbonyl (C=O) groups is 1. The van der Waals surface area contributed by atoms with E-state index < -0.39 is 0 Å². The van der Waals surface area contributed by atoms with Gasteiger partial charge in [0.2, 0.25) is 5.91 Å². The van der Waals surface area contributed by atoms with E-state index in [1.807, 2.05) is 0 Å². The van der Waals surface area contributed by atoms with Crippen molar-refractivity contribution in [1.82, 2.24) is 10.6 Å². The molecule has 2 aliphatic rings. The highest BCUT2D eigenvalue weighted by atomic mass is 16.2. The maximum absolute atomic E-state index is 11.6. The monoisotopic (exact) mass is 244 g/mol. The fraction of sp³-hybridized carbons (Fsp3) is 0.533. The lowest BCUT2D eigenvalue weighted by molar-refractivity contribution is -0.120. The van der Waals surface area contributed by atoms with Gasteiger partial charge in [0.05, 0.1) is 6.54 Å². The summed E-state index contributed by atoms with van der Waals surface area (Å²) in [5, 5.41) is 6.39. The predicted octanol–water partition coefficient (Wildman–Crippen LogP) is 1.41. The van der Waals surface area contributed by atoms with Crippen molar-refractivity contribution >= 4 is 5.91 Å². The summed E-state index contributed by atoms with van der Waals surface area (Å²) in [6, 6.07) is 9.53. The molecule has 3 rings (SSSR count). The van der Waals surface area contributed by atoms with Crippen molar-refractivity contribution in [2.75, 3.05) is 6.54 Å². The van der Waals surface area contributed by atoms with E-state index in [-0.39, 0.29) is 5.91 Å². The molecule has 0 saturated heterocycles. The minimum atomic E-state index is 0.149. The van der Waals surface area contributed by atoms with Gasteiger partial charge in [-0.15, -0.1) is 0 Å². The van der Waals surface area contributed by atoms with Crippen LogP contribution in [0.2, 0.25) is 0 Å². The fourth-order valence-electron chi connectivity index (χ4n) is 2.62. The first kappa shape index (κ1) is 11.7. The van der Waals surface area contributed by atoms with Crippen molar-refractivity contribution in [1.29, 1.82) is 0 Å². The third kappa shape index (κ3) is 2.91. The highest BCUT2D eigenvalue weighted by molar-refractivity contribution is 5.78. The zero-order valence-corrected chi connectivity index (χ0v) is 10.6. The summed E-state index contributed by atoms with van der Waals surface area (Å²) in [5.41, 5.74) is 2.90. The molecule has 0 spiro atoms. The number of benzene rings is 1. The van der Waals surface area contributed by atoms with Crippen molar-refractivity contribution in [3.8, 4) is 0 Å². The van der Waals surface area contributed by atoms with Crippen molar-refractivity contribution < 1.29 is 4.79 Å². The van der Waals surface area contributed by atoms with E-state index in [4.69, 9.17) is 0 Å². The molecule has 0 aromatic heterocycles. The Balaban J connectivity index is 1.48. The molecule has 1 aromatic carbocycles. The summed E-state index contributed by atoms with van der Waals surface area (Å²) in [6.45, 7) is 0.462. The quantitative estimate of drug-likeness (QED) is 0.841. The smallest absolute Gasteiger partial charge is 0.234 e. The minimum Gasteiger partial charge on any atom is -0.352 e. The van der Waals surface area contributed by atoms with E-state index in [0.29, 0.717) is 18.6 Å². The number of hydrogen-bond acceptors (Lipinski definition) is 2. The van der Waals surface area contributed by atoms with Gasteiger partial charge in [-0.2, -0.15) is 0 Å². The zero-order chi connectivity index (χ0) is 12.4. The van der Waals surface area contributed by atoms with Crippen molar-refractivity contribution in [3.63, 3.8) is 0 Å². The Morgan fingerprint density at radius 3 is 2.67 bits per heavy atom. The van der Waals surface area contributed by atoms with E-state index in [0.717, 1.165) is 32.1 Å². The summed E-state index contributed by atoms with van der Waals surface area (Å²) >= 11 is 0. The van der Waals surface area contributed by atoms with Gasteiger partial charge in [-0.05, 0) is 43.2 Å². The van der Waals surface area contributed by atoms with Crippen LogP contribution >= 0.6 is 0 Å². The Bertz CT molecular complexity index is 440. The van der Waals surface area contributed by atoms with E-state index in [2.05, 4.69) is 34.9 Å². The van der Waals surface area contributed by atoms with Gasteiger partial charge in [0.1, 0.15) is 0 Å². The molecule has 1 atom stereocenters. The number of carbonyl (C=O) groups excluding carboxylic acids is 1. The van der Waals surface area contributed by atoms with Crippen molar-refractivity contribution in [3.05, 3.63) is 35.4 Å². The summed E-state index contributed by atoms with van der Waals surface area (Å²) in [4.78, 5) is 11.6. The summed E-state index contributed by atoms with van der Waals surface area (Å²) in [6.07, 6.45) is 5.61. The molecule has 3 nitrogen and oxygen atoms in total. The molecule has 18 heavy (non-hydrogen) atoms. The first-order valence-corrected chi connectivity index (χ1v) is 6.91. The van der Waals surface area contributed by atoms with Crippen molar-refractivity contribution in [2.24, 2.45) is 0 Å². The van der Waals surface area contributed by atoms with Crippen LogP contribution < -0.4 is 10.6 Å². The minimum absolute atomic E-state index is 0.149. The van der Waals surface area contributed by atoms with E-state index in [9.17, 15) is 4.79 Å². The van der Waals surface area contributed by atoms with Crippen LogP contribution in [0, 0.1) is 0 Å². The summed E-state index contributed by atoms with van der Waals surface area (Å²) in [5.74, 6) is 0.149. The molecule has 2 N–H and O–H groups in total. The van der Waals surface area contributed by atoms with Crippen LogP contribution in [0.1, 0.15) is 30.4 Å². The topological polar surface area (TPSA) is 41.1 Å². The van der Waals surface area contributed by atoms with Crippen molar-refractivity contribution in [2.45, 2.75) is 44.2 Å². The van der Waals surface area contributed by atoms with E-state index >= 15 is 0 Å².